The van der Waals surface area contributed by atoms with Gasteiger partial charge in [-0.1, -0.05) is 29.3 Å². The zero-order chi connectivity index (χ0) is 19.3. The number of ether oxygens (including phenoxy) is 2. The molecule has 3 rings (SSSR count). The predicted molar refractivity (Wildman–Crippen MR) is 99.6 cm³/mol. The second-order valence-corrected chi connectivity index (χ2v) is 8.77. The number of methoxy groups -OCH3 is 1. The minimum atomic E-state index is -0.555. The zero-order valence-corrected chi connectivity index (χ0v) is 16.9. The Bertz CT molecular complexity index is 746. The van der Waals surface area contributed by atoms with Crippen molar-refractivity contribution in [3.63, 3.8) is 0 Å². The van der Waals surface area contributed by atoms with E-state index in [0.717, 1.165) is 5.56 Å². The molecule has 1 aliphatic heterocycles. The molecule has 0 radical (unpaired) electrons. The molecule has 1 heterocycles. The SMILES string of the molecule is COC(=O)C1[C@@H]2CN(C(=O)OC(C)(C)C)CC[C@]12c1ccc(Cl)c(Cl)c1. The second kappa shape index (κ2) is 6.61. The van der Waals surface area contributed by atoms with E-state index in [0.29, 0.717) is 29.6 Å². The molecule has 1 aromatic carbocycles. The van der Waals surface area contributed by atoms with Gasteiger partial charge in [0.1, 0.15) is 5.60 Å². The first-order valence-electron chi connectivity index (χ1n) is 8.61. The Kier molecular flexibility index (Phi) is 4.91. The van der Waals surface area contributed by atoms with Gasteiger partial charge in [-0.25, -0.2) is 4.79 Å². The largest absolute Gasteiger partial charge is 0.469 e. The van der Waals surface area contributed by atoms with Crippen LogP contribution in [0.5, 0.6) is 0 Å². The van der Waals surface area contributed by atoms with E-state index in [9.17, 15) is 9.59 Å². The Morgan fingerprint density at radius 3 is 2.50 bits per heavy atom. The number of carbonyl (C=O) groups excluding carboxylic acids is 2. The van der Waals surface area contributed by atoms with Gasteiger partial charge in [0.2, 0.25) is 0 Å². The van der Waals surface area contributed by atoms with Crippen LogP contribution in [0.4, 0.5) is 4.79 Å². The van der Waals surface area contributed by atoms with Crippen molar-refractivity contribution in [3.8, 4) is 0 Å². The molecule has 1 unspecified atom stereocenters. The summed E-state index contributed by atoms with van der Waals surface area (Å²) in [5.41, 5.74) is 0.0524. The smallest absolute Gasteiger partial charge is 0.410 e. The molecule has 2 fully saturated rings. The molecule has 1 aliphatic carbocycles. The third-order valence-corrected chi connectivity index (χ3v) is 6.03. The number of esters is 1. The fourth-order valence-electron chi connectivity index (χ4n) is 4.09. The molecule has 0 spiro atoms. The average molecular weight is 400 g/mol. The standard InChI is InChI=1S/C19H23Cl2NO4/c1-18(2,3)26-17(24)22-8-7-19(11-5-6-13(20)14(21)9-11)12(10-22)15(19)16(23)25-4/h5-6,9,12,15H,7-8,10H2,1-4H3/t12-,15?,19+/m0/s1. The topological polar surface area (TPSA) is 55.8 Å². The van der Waals surface area contributed by atoms with Crippen LogP contribution >= 0.6 is 23.2 Å². The second-order valence-electron chi connectivity index (χ2n) is 7.95. The van der Waals surface area contributed by atoms with E-state index >= 15 is 0 Å². The van der Waals surface area contributed by atoms with Crippen molar-refractivity contribution in [1.82, 2.24) is 4.90 Å². The normalized spacial score (nSPS) is 27.5. The number of hydrogen-bond acceptors (Lipinski definition) is 4. The first-order chi connectivity index (χ1) is 12.1. The molecule has 1 aromatic rings. The molecule has 26 heavy (non-hydrogen) atoms. The van der Waals surface area contributed by atoms with Crippen molar-refractivity contribution in [1.29, 1.82) is 0 Å². The van der Waals surface area contributed by atoms with E-state index in [1.807, 2.05) is 32.9 Å². The summed E-state index contributed by atoms with van der Waals surface area (Å²) in [4.78, 5) is 26.4. The lowest BCUT2D eigenvalue weighted by atomic mass is 9.86. The van der Waals surface area contributed by atoms with Crippen LogP contribution in [0.1, 0.15) is 32.8 Å². The van der Waals surface area contributed by atoms with Gasteiger partial charge in [0.05, 0.1) is 23.1 Å². The van der Waals surface area contributed by atoms with E-state index in [1.165, 1.54) is 7.11 Å². The number of rotatable bonds is 2. The Balaban J connectivity index is 1.86. The summed E-state index contributed by atoms with van der Waals surface area (Å²) in [5.74, 6) is -0.572. The van der Waals surface area contributed by atoms with Crippen LogP contribution in [-0.2, 0) is 19.7 Å². The number of benzene rings is 1. The summed E-state index contributed by atoms with van der Waals surface area (Å²) in [5, 5.41) is 0.937. The van der Waals surface area contributed by atoms with Crippen LogP contribution in [0.25, 0.3) is 0 Å². The molecular formula is C19H23Cl2NO4. The number of halogens is 2. The molecule has 1 amide bonds. The number of fused-ring (bicyclic) bond motifs is 1. The Morgan fingerprint density at radius 1 is 1.23 bits per heavy atom. The monoisotopic (exact) mass is 399 g/mol. The van der Waals surface area contributed by atoms with Gasteiger partial charge in [-0.3, -0.25) is 4.79 Å². The van der Waals surface area contributed by atoms with Crippen molar-refractivity contribution in [3.05, 3.63) is 33.8 Å². The molecule has 0 N–H and O–H groups in total. The van der Waals surface area contributed by atoms with Crippen LogP contribution in [0.15, 0.2) is 18.2 Å². The van der Waals surface area contributed by atoms with Gasteiger partial charge in [-0.15, -0.1) is 0 Å². The Morgan fingerprint density at radius 2 is 1.92 bits per heavy atom. The van der Waals surface area contributed by atoms with Crippen molar-refractivity contribution < 1.29 is 19.1 Å². The highest BCUT2D eigenvalue weighted by Crippen LogP contribution is 2.65. The molecule has 142 valence electrons. The molecule has 7 heteroatoms. The predicted octanol–water partition coefficient (Wildman–Crippen LogP) is 4.29. The minimum absolute atomic E-state index is 0.0199. The molecule has 2 aliphatic rings. The molecule has 0 aromatic heterocycles. The van der Waals surface area contributed by atoms with E-state index in [-0.39, 0.29) is 29.3 Å². The number of piperidine rings is 1. The highest BCUT2D eigenvalue weighted by molar-refractivity contribution is 6.42. The molecule has 0 bridgehead atoms. The van der Waals surface area contributed by atoms with Crippen molar-refractivity contribution in [2.24, 2.45) is 11.8 Å². The van der Waals surface area contributed by atoms with Crippen LogP contribution in [0.2, 0.25) is 10.0 Å². The van der Waals surface area contributed by atoms with Crippen LogP contribution in [0.3, 0.4) is 0 Å². The lowest BCUT2D eigenvalue weighted by molar-refractivity contribution is -0.143. The van der Waals surface area contributed by atoms with Crippen molar-refractivity contribution in [2.75, 3.05) is 20.2 Å². The van der Waals surface area contributed by atoms with Gasteiger partial charge in [0.15, 0.2) is 0 Å². The van der Waals surface area contributed by atoms with Gasteiger partial charge >= 0.3 is 12.1 Å². The Labute approximate surface area is 163 Å². The first-order valence-corrected chi connectivity index (χ1v) is 9.37. The van der Waals surface area contributed by atoms with E-state index in [4.69, 9.17) is 32.7 Å². The fourth-order valence-corrected chi connectivity index (χ4v) is 4.39. The van der Waals surface area contributed by atoms with Crippen LogP contribution in [0, 0.1) is 11.8 Å². The maximum Gasteiger partial charge on any atom is 0.410 e. The third kappa shape index (κ3) is 3.27. The van der Waals surface area contributed by atoms with Crippen LogP contribution < -0.4 is 0 Å². The van der Waals surface area contributed by atoms with Gasteiger partial charge in [-0.05, 0) is 44.9 Å². The van der Waals surface area contributed by atoms with Crippen molar-refractivity contribution >= 4 is 35.3 Å². The van der Waals surface area contributed by atoms with Gasteiger partial charge in [0, 0.05) is 24.4 Å². The van der Waals surface area contributed by atoms with Crippen LogP contribution in [-0.4, -0.2) is 42.8 Å². The fraction of sp³-hybridized carbons (Fsp3) is 0.579. The van der Waals surface area contributed by atoms with E-state index < -0.39 is 5.60 Å². The number of hydrogen-bond donors (Lipinski definition) is 0. The maximum atomic E-state index is 12.4. The molecule has 3 atom stereocenters. The zero-order valence-electron chi connectivity index (χ0n) is 15.3. The number of likely N-dealkylation sites (tertiary alicyclic amines) is 1. The Hall–Kier alpha value is -1.46. The first kappa shape index (κ1) is 19.3. The lowest BCUT2D eigenvalue weighted by Crippen LogP contribution is -2.43. The maximum absolute atomic E-state index is 12.4. The van der Waals surface area contributed by atoms with Gasteiger partial charge in [0.25, 0.3) is 0 Å². The number of carbonyl (C=O) groups is 2. The summed E-state index contributed by atoms with van der Waals surface area (Å²) in [7, 11) is 1.39. The van der Waals surface area contributed by atoms with E-state index in [1.54, 1.807) is 11.0 Å². The third-order valence-electron chi connectivity index (χ3n) is 5.29. The van der Waals surface area contributed by atoms with Gasteiger partial charge < -0.3 is 14.4 Å². The molecular weight excluding hydrogens is 377 g/mol. The number of nitrogens with zero attached hydrogens (tertiary/aromatic N) is 1. The lowest BCUT2D eigenvalue weighted by Gasteiger charge is -2.33. The highest BCUT2D eigenvalue weighted by Gasteiger charge is 2.71. The molecule has 5 nitrogen and oxygen atoms in total. The quantitative estimate of drug-likeness (QED) is 0.695. The molecule has 1 saturated carbocycles. The summed E-state index contributed by atoms with van der Waals surface area (Å²) in [6.45, 7) is 6.48. The highest BCUT2D eigenvalue weighted by atomic mass is 35.5. The van der Waals surface area contributed by atoms with Crippen molar-refractivity contribution in [2.45, 2.75) is 38.2 Å². The summed E-state index contributed by atoms with van der Waals surface area (Å²) < 4.78 is 10.5. The summed E-state index contributed by atoms with van der Waals surface area (Å²) >= 11 is 12.2. The minimum Gasteiger partial charge on any atom is -0.469 e. The average Bonchev–Trinajstić information content (AvgIpc) is 3.24. The summed E-state index contributed by atoms with van der Waals surface area (Å²) in [6.07, 6.45) is 0.296. The molecule has 1 saturated heterocycles. The van der Waals surface area contributed by atoms with E-state index in [2.05, 4.69) is 0 Å². The number of amides is 1. The van der Waals surface area contributed by atoms with Gasteiger partial charge in [-0.2, -0.15) is 0 Å². The summed E-state index contributed by atoms with van der Waals surface area (Å²) in [6, 6.07) is 5.48.